The summed E-state index contributed by atoms with van der Waals surface area (Å²) in [6.07, 6.45) is 1.39. The summed E-state index contributed by atoms with van der Waals surface area (Å²) in [7, 11) is 0. The summed E-state index contributed by atoms with van der Waals surface area (Å²) in [4.78, 5) is 12.1. The molecule has 0 amide bonds. The molecule has 18 heavy (non-hydrogen) atoms. The lowest BCUT2D eigenvalue weighted by Crippen LogP contribution is -2.24. The quantitative estimate of drug-likeness (QED) is 0.921. The fourth-order valence-corrected chi connectivity index (χ4v) is 2.25. The number of aromatic hydroxyl groups is 1. The van der Waals surface area contributed by atoms with Gasteiger partial charge in [0, 0.05) is 16.1 Å². The molecule has 0 radical (unpaired) electrons. The molecule has 2 aromatic rings. The average Bonchev–Trinajstić information content (AvgIpc) is 2.52. The maximum atomic E-state index is 12.1. The van der Waals surface area contributed by atoms with Gasteiger partial charge in [-0.2, -0.15) is 0 Å². The first kappa shape index (κ1) is 13.1. The predicted molar refractivity (Wildman–Crippen MR) is 72.1 cm³/mol. The molecule has 0 unspecified atom stereocenters. The van der Waals surface area contributed by atoms with E-state index in [4.69, 9.17) is 23.2 Å². The van der Waals surface area contributed by atoms with Gasteiger partial charge in [-0.1, -0.05) is 23.2 Å². The molecule has 0 aliphatic rings. The smallest absolute Gasteiger partial charge is 0.335 e. The van der Waals surface area contributed by atoms with Crippen LogP contribution < -0.4 is 5.69 Å². The van der Waals surface area contributed by atoms with E-state index in [1.54, 1.807) is 18.2 Å². The van der Waals surface area contributed by atoms with Crippen LogP contribution in [0.4, 0.5) is 0 Å². The Balaban J connectivity index is 2.68. The maximum absolute atomic E-state index is 12.1. The molecular weight excluding hydrogens is 275 g/mol. The van der Waals surface area contributed by atoms with Crippen molar-refractivity contribution in [3.63, 3.8) is 0 Å². The number of hydrogen-bond acceptors (Lipinski definition) is 2. The third kappa shape index (κ3) is 2.26. The summed E-state index contributed by atoms with van der Waals surface area (Å²) in [5, 5.41) is 10.7. The minimum atomic E-state index is -0.333. The topological polar surface area (TPSA) is 47.2 Å². The molecule has 1 aromatic carbocycles. The zero-order chi connectivity index (χ0) is 13.4. The van der Waals surface area contributed by atoms with Gasteiger partial charge in [0.1, 0.15) is 0 Å². The van der Waals surface area contributed by atoms with Crippen LogP contribution >= 0.6 is 23.2 Å². The molecule has 2 rings (SSSR count). The van der Waals surface area contributed by atoms with Crippen molar-refractivity contribution < 1.29 is 5.11 Å². The highest BCUT2D eigenvalue weighted by Gasteiger charge is 2.14. The van der Waals surface area contributed by atoms with Crippen molar-refractivity contribution >= 4 is 23.2 Å². The summed E-state index contributed by atoms with van der Waals surface area (Å²) in [5.41, 5.74) is 0.107. The molecule has 0 aliphatic heterocycles. The Kier molecular flexibility index (Phi) is 3.41. The number of imidazole rings is 1. The normalized spacial score (nSPS) is 11.2. The molecule has 6 heteroatoms. The van der Waals surface area contributed by atoms with Gasteiger partial charge in [-0.3, -0.25) is 4.57 Å². The van der Waals surface area contributed by atoms with Crippen molar-refractivity contribution in [3.05, 3.63) is 44.9 Å². The van der Waals surface area contributed by atoms with Crippen molar-refractivity contribution in [1.82, 2.24) is 9.13 Å². The number of rotatable bonds is 2. The van der Waals surface area contributed by atoms with Crippen LogP contribution in [0.3, 0.4) is 0 Å². The molecule has 96 valence electrons. The maximum Gasteiger partial charge on any atom is 0.335 e. The van der Waals surface area contributed by atoms with Gasteiger partial charge in [0.15, 0.2) is 0 Å². The van der Waals surface area contributed by atoms with E-state index in [-0.39, 0.29) is 17.6 Å². The van der Waals surface area contributed by atoms with E-state index in [0.29, 0.717) is 15.7 Å². The minimum Gasteiger partial charge on any atom is -0.493 e. The van der Waals surface area contributed by atoms with Crippen molar-refractivity contribution in [1.29, 1.82) is 0 Å². The highest BCUT2D eigenvalue weighted by atomic mass is 35.5. The SMILES string of the molecule is CC(C)n1cc(O)n(-c2cc(Cl)cc(Cl)c2)c1=O. The lowest BCUT2D eigenvalue weighted by atomic mass is 10.3. The van der Waals surface area contributed by atoms with E-state index in [1.165, 1.54) is 10.8 Å². The molecule has 1 N–H and O–H groups in total. The molecule has 1 aromatic heterocycles. The number of halogens is 2. The summed E-state index contributed by atoms with van der Waals surface area (Å²) >= 11 is 11.8. The second kappa shape index (κ2) is 4.71. The molecule has 0 saturated heterocycles. The van der Waals surface area contributed by atoms with Crippen LogP contribution in [0.5, 0.6) is 5.88 Å². The van der Waals surface area contributed by atoms with Gasteiger partial charge in [0.25, 0.3) is 0 Å². The lowest BCUT2D eigenvalue weighted by Gasteiger charge is -2.05. The summed E-state index contributed by atoms with van der Waals surface area (Å²) in [6, 6.07) is 4.66. The first-order chi connectivity index (χ1) is 8.40. The van der Waals surface area contributed by atoms with Gasteiger partial charge >= 0.3 is 5.69 Å². The molecule has 0 atom stereocenters. The highest BCUT2D eigenvalue weighted by molar-refractivity contribution is 6.34. The second-order valence-electron chi connectivity index (χ2n) is 4.23. The summed E-state index contributed by atoms with van der Waals surface area (Å²) in [5.74, 6) is -0.146. The van der Waals surface area contributed by atoms with Gasteiger partial charge in [-0.15, -0.1) is 0 Å². The predicted octanol–water partition coefficient (Wildman–Crippen LogP) is 3.23. The van der Waals surface area contributed by atoms with Crippen LogP contribution in [-0.4, -0.2) is 14.2 Å². The minimum absolute atomic E-state index is 0.0423. The van der Waals surface area contributed by atoms with E-state index < -0.39 is 0 Å². The number of nitrogens with zero attached hydrogens (tertiary/aromatic N) is 2. The Morgan fingerprint density at radius 3 is 2.17 bits per heavy atom. The highest BCUT2D eigenvalue weighted by Crippen LogP contribution is 2.24. The molecule has 0 bridgehead atoms. The first-order valence-corrected chi connectivity index (χ1v) is 6.15. The third-order valence-corrected chi connectivity index (χ3v) is 2.99. The number of aromatic nitrogens is 2. The van der Waals surface area contributed by atoms with Crippen molar-refractivity contribution in [2.24, 2.45) is 0 Å². The fourth-order valence-electron chi connectivity index (χ4n) is 1.73. The van der Waals surface area contributed by atoms with Gasteiger partial charge in [-0.05, 0) is 32.0 Å². The Hall–Kier alpha value is -1.39. The van der Waals surface area contributed by atoms with Crippen molar-refractivity contribution in [3.8, 4) is 11.6 Å². The molecule has 0 aliphatic carbocycles. The van der Waals surface area contributed by atoms with E-state index in [0.717, 1.165) is 4.57 Å². The van der Waals surface area contributed by atoms with Gasteiger partial charge in [0.05, 0.1) is 11.9 Å². The molecule has 0 fully saturated rings. The van der Waals surface area contributed by atoms with Crippen molar-refractivity contribution in [2.75, 3.05) is 0 Å². The average molecular weight is 287 g/mol. The first-order valence-electron chi connectivity index (χ1n) is 5.39. The second-order valence-corrected chi connectivity index (χ2v) is 5.11. The van der Waals surface area contributed by atoms with Crippen LogP contribution in [0.25, 0.3) is 5.69 Å². The van der Waals surface area contributed by atoms with Gasteiger partial charge in [-0.25, -0.2) is 9.36 Å². The molecular formula is C12H12Cl2N2O2. The lowest BCUT2D eigenvalue weighted by molar-refractivity contribution is 0.440. The standard InChI is InChI=1S/C12H12Cl2N2O2/c1-7(2)15-6-11(17)16(12(15)18)10-4-8(13)3-9(14)5-10/h3-7,17H,1-2H3. The van der Waals surface area contributed by atoms with Crippen LogP contribution in [0.15, 0.2) is 29.2 Å². The summed E-state index contributed by atoms with van der Waals surface area (Å²) < 4.78 is 2.60. The molecule has 1 heterocycles. The molecule has 4 nitrogen and oxygen atoms in total. The van der Waals surface area contributed by atoms with E-state index in [2.05, 4.69) is 0 Å². The molecule has 0 saturated carbocycles. The molecule has 0 spiro atoms. The van der Waals surface area contributed by atoms with Crippen LogP contribution in [0.2, 0.25) is 10.0 Å². The van der Waals surface area contributed by atoms with Crippen molar-refractivity contribution in [2.45, 2.75) is 19.9 Å². The summed E-state index contributed by atoms with van der Waals surface area (Å²) in [6.45, 7) is 3.71. The zero-order valence-corrected chi connectivity index (χ0v) is 11.4. The largest absolute Gasteiger partial charge is 0.493 e. The van der Waals surface area contributed by atoms with E-state index in [1.807, 2.05) is 13.8 Å². The van der Waals surface area contributed by atoms with Gasteiger partial charge in [0.2, 0.25) is 5.88 Å². The van der Waals surface area contributed by atoms with E-state index >= 15 is 0 Å². The van der Waals surface area contributed by atoms with Gasteiger partial charge < -0.3 is 5.11 Å². The monoisotopic (exact) mass is 286 g/mol. The third-order valence-electron chi connectivity index (χ3n) is 2.56. The Labute approximate surface area is 114 Å². The Morgan fingerprint density at radius 1 is 1.17 bits per heavy atom. The van der Waals surface area contributed by atoms with E-state index in [9.17, 15) is 9.90 Å². The fraction of sp³-hybridized carbons (Fsp3) is 0.250. The zero-order valence-electron chi connectivity index (χ0n) is 9.89. The number of hydrogen-bond donors (Lipinski definition) is 1. The van der Waals surface area contributed by atoms with Crippen LogP contribution in [-0.2, 0) is 0 Å². The number of benzene rings is 1. The van der Waals surface area contributed by atoms with Crippen LogP contribution in [0.1, 0.15) is 19.9 Å². The van der Waals surface area contributed by atoms with Crippen LogP contribution in [0, 0.1) is 0 Å². The Bertz CT molecular complexity index is 624. The Morgan fingerprint density at radius 2 is 1.72 bits per heavy atom.